The summed E-state index contributed by atoms with van der Waals surface area (Å²) < 4.78 is 0. The zero-order valence-corrected chi connectivity index (χ0v) is 29.1. The van der Waals surface area contributed by atoms with Crippen molar-refractivity contribution in [2.45, 2.75) is 245 Å². The van der Waals surface area contributed by atoms with Gasteiger partial charge >= 0.3 is 0 Å². The summed E-state index contributed by atoms with van der Waals surface area (Å²) in [5.41, 5.74) is 5.16. The van der Waals surface area contributed by atoms with E-state index in [1.807, 2.05) is 6.92 Å². The minimum absolute atomic E-state index is 0.265. The molecule has 0 aromatic carbocycles. The Bertz CT molecular complexity index is 435. The zero-order valence-electron chi connectivity index (χ0n) is 29.1. The Morgan fingerprint density at radius 1 is 0.366 bits per heavy atom. The fraction of sp³-hybridized carbons (Fsp3) is 1.00. The molecule has 0 fully saturated rings. The van der Waals surface area contributed by atoms with Crippen molar-refractivity contribution >= 4 is 0 Å². The summed E-state index contributed by atoms with van der Waals surface area (Å²) in [6.07, 6.45) is 47.2. The molecular weight excluding hydrogens is 498 g/mol. The van der Waals surface area contributed by atoms with Crippen LogP contribution in [0.1, 0.15) is 239 Å². The SMILES string of the molecule is CCCCCCCCCCCCCCCCCCC(CCCCCCCCCCCCCCCCCC)C(C)(N)O. The van der Waals surface area contributed by atoms with Crippen LogP contribution < -0.4 is 5.73 Å². The Morgan fingerprint density at radius 3 is 0.707 bits per heavy atom. The molecule has 0 aromatic heterocycles. The first-order valence-electron chi connectivity index (χ1n) is 19.5. The highest BCUT2D eigenvalue weighted by atomic mass is 16.3. The Hall–Kier alpha value is -0.0800. The van der Waals surface area contributed by atoms with E-state index in [0.717, 1.165) is 12.8 Å². The molecule has 2 heteroatoms. The average molecular weight is 580 g/mol. The first-order chi connectivity index (χ1) is 20.0. The number of hydrogen-bond acceptors (Lipinski definition) is 2. The molecule has 0 radical (unpaired) electrons. The molecule has 3 N–H and O–H groups in total. The molecule has 0 aliphatic heterocycles. The van der Waals surface area contributed by atoms with Crippen LogP contribution in [0.3, 0.4) is 0 Å². The van der Waals surface area contributed by atoms with E-state index in [1.165, 1.54) is 205 Å². The molecule has 0 aliphatic rings. The smallest absolute Gasteiger partial charge is 0.113 e. The topological polar surface area (TPSA) is 46.2 Å². The van der Waals surface area contributed by atoms with Crippen LogP contribution in [-0.4, -0.2) is 10.8 Å². The Kier molecular flexibility index (Phi) is 32.8. The quantitative estimate of drug-likeness (QED) is 0.0579. The normalized spacial score (nSPS) is 13.3. The van der Waals surface area contributed by atoms with Gasteiger partial charge in [0.15, 0.2) is 0 Å². The maximum atomic E-state index is 10.5. The minimum Gasteiger partial charge on any atom is -0.376 e. The first kappa shape index (κ1) is 40.9. The van der Waals surface area contributed by atoms with E-state index in [9.17, 15) is 5.11 Å². The molecule has 0 saturated carbocycles. The maximum Gasteiger partial charge on any atom is 0.113 e. The van der Waals surface area contributed by atoms with Gasteiger partial charge in [-0.2, -0.15) is 0 Å². The number of nitrogens with two attached hydrogens (primary N) is 1. The second-order valence-electron chi connectivity index (χ2n) is 14.1. The van der Waals surface area contributed by atoms with E-state index in [0.29, 0.717) is 0 Å². The van der Waals surface area contributed by atoms with Crippen LogP contribution in [0.15, 0.2) is 0 Å². The van der Waals surface area contributed by atoms with Crippen molar-refractivity contribution in [1.29, 1.82) is 0 Å². The van der Waals surface area contributed by atoms with E-state index in [-0.39, 0.29) is 5.92 Å². The van der Waals surface area contributed by atoms with Crippen molar-refractivity contribution in [3.63, 3.8) is 0 Å². The van der Waals surface area contributed by atoms with Gasteiger partial charge in [-0.15, -0.1) is 0 Å². The lowest BCUT2D eigenvalue weighted by Crippen LogP contribution is -2.44. The third-order valence-corrected chi connectivity index (χ3v) is 9.64. The van der Waals surface area contributed by atoms with Crippen molar-refractivity contribution in [3.05, 3.63) is 0 Å². The van der Waals surface area contributed by atoms with E-state index in [2.05, 4.69) is 13.8 Å². The summed E-state index contributed by atoms with van der Waals surface area (Å²) in [5, 5.41) is 10.5. The molecule has 0 aliphatic carbocycles. The molecule has 0 aromatic rings. The highest BCUT2D eigenvalue weighted by Crippen LogP contribution is 2.26. The summed E-state index contributed by atoms with van der Waals surface area (Å²) in [7, 11) is 0. The van der Waals surface area contributed by atoms with E-state index in [1.54, 1.807) is 0 Å². The Balaban J connectivity index is 3.49. The summed E-state index contributed by atoms with van der Waals surface area (Å²) in [4.78, 5) is 0. The van der Waals surface area contributed by atoms with Crippen molar-refractivity contribution in [3.8, 4) is 0 Å². The molecule has 0 bridgehead atoms. The molecule has 248 valence electrons. The fourth-order valence-corrected chi connectivity index (χ4v) is 6.61. The van der Waals surface area contributed by atoms with E-state index >= 15 is 0 Å². The fourth-order valence-electron chi connectivity index (χ4n) is 6.61. The molecule has 0 spiro atoms. The average Bonchev–Trinajstić information content (AvgIpc) is 2.95. The molecule has 0 rings (SSSR count). The highest BCUT2D eigenvalue weighted by Gasteiger charge is 2.26. The van der Waals surface area contributed by atoms with Gasteiger partial charge in [-0.25, -0.2) is 0 Å². The van der Waals surface area contributed by atoms with Crippen LogP contribution in [0, 0.1) is 5.92 Å². The molecular formula is C39H81NO. The van der Waals surface area contributed by atoms with Crippen LogP contribution in [0.2, 0.25) is 0 Å². The van der Waals surface area contributed by atoms with Gasteiger partial charge in [0.25, 0.3) is 0 Å². The van der Waals surface area contributed by atoms with E-state index in [4.69, 9.17) is 5.73 Å². The lowest BCUT2D eigenvalue weighted by Gasteiger charge is -2.29. The third kappa shape index (κ3) is 32.7. The lowest BCUT2D eigenvalue weighted by molar-refractivity contribution is -0.00458. The molecule has 0 amide bonds. The zero-order chi connectivity index (χ0) is 30.1. The summed E-state index contributed by atoms with van der Waals surface area (Å²) >= 11 is 0. The van der Waals surface area contributed by atoms with Gasteiger partial charge in [0.2, 0.25) is 0 Å². The van der Waals surface area contributed by atoms with Crippen LogP contribution in [0.5, 0.6) is 0 Å². The predicted molar refractivity (Wildman–Crippen MR) is 187 cm³/mol. The van der Waals surface area contributed by atoms with Crippen molar-refractivity contribution in [2.75, 3.05) is 0 Å². The molecule has 41 heavy (non-hydrogen) atoms. The van der Waals surface area contributed by atoms with Gasteiger partial charge in [-0.1, -0.05) is 219 Å². The predicted octanol–water partition coefficient (Wildman–Crippen LogP) is 13.6. The monoisotopic (exact) mass is 580 g/mol. The Morgan fingerprint density at radius 2 is 0.537 bits per heavy atom. The maximum absolute atomic E-state index is 10.5. The van der Waals surface area contributed by atoms with Gasteiger partial charge in [0.1, 0.15) is 5.72 Å². The van der Waals surface area contributed by atoms with Crippen molar-refractivity contribution in [2.24, 2.45) is 11.7 Å². The van der Waals surface area contributed by atoms with Gasteiger partial charge in [-0.05, 0) is 19.8 Å². The number of hydrogen-bond donors (Lipinski definition) is 2. The molecule has 0 saturated heterocycles. The van der Waals surface area contributed by atoms with Crippen LogP contribution in [0.25, 0.3) is 0 Å². The van der Waals surface area contributed by atoms with Crippen LogP contribution in [0.4, 0.5) is 0 Å². The number of unbranched alkanes of at least 4 members (excludes halogenated alkanes) is 30. The molecule has 1 atom stereocenters. The van der Waals surface area contributed by atoms with Crippen LogP contribution >= 0.6 is 0 Å². The van der Waals surface area contributed by atoms with Crippen molar-refractivity contribution in [1.82, 2.24) is 0 Å². The summed E-state index contributed by atoms with van der Waals surface area (Å²) in [6.45, 7) is 6.42. The summed E-state index contributed by atoms with van der Waals surface area (Å²) in [6, 6.07) is 0. The second kappa shape index (κ2) is 32.8. The lowest BCUT2D eigenvalue weighted by atomic mass is 9.86. The third-order valence-electron chi connectivity index (χ3n) is 9.64. The first-order valence-corrected chi connectivity index (χ1v) is 19.5. The second-order valence-corrected chi connectivity index (χ2v) is 14.1. The number of aliphatic hydroxyl groups is 1. The molecule has 0 heterocycles. The number of rotatable bonds is 35. The van der Waals surface area contributed by atoms with Gasteiger partial charge in [0.05, 0.1) is 0 Å². The summed E-state index contributed by atoms with van der Waals surface area (Å²) in [5.74, 6) is 0.265. The van der Waals surface area contributed by atoms with Gasteiger partial charge < -0.3 is 10.8 Å². The Labute approximate surface area is 261 Å². The minimum atomic E-state index is -1.01. The highest BCUT2D eigenvalue weighted by molar-refractivity contribution is 4.76. The molecule has 2 nitrogen and oxygen atoms in total. The van der Waals surface area contributed by atoms with Gasteiger partial charge in [-0.3, -0.25) is 0 Å². The van der Waals surface area contributed by atoms with E-state index < -0.39 is 5.72 Å². The largest absolute Gasteiger partial charge is 0.376 e. The van der Waals surface area contributed by atoms with Crippen LogP contribution in [-0.2, 0) is 0 Å². The van der Waals surface area contributed by atoms with Crippen molar-refractivity contribution < 1.29 is 5.11 Å². The molecule has 1 unspecified atom stereocenters. The standard InChI is InChI=1S/C39H81NO/c1-4-6-8-10-12-14-16-18-20-22-24-26-28-30-32-34-36-38(39(3,40)41)37-35-33-31-29-27-25-23-21-19-17-15-13-11-9-7-5-2/h38,41H,4-37,40H2,1-3H3. The van der Waals surface area contributed by atoms with Gasteiger partial charge in [0, 0.05) is 5.92 Å².